The molecule has 3 aliphatic rings. The molecule has 1 aromatic heterocycles. The molecule has 0 radical (unpaired) electrons. The molecule has 0 saturated carbocycles. The summed E-state index contributed by atoms with van der Waals surface area (Å²) in [5.41, 5.74) is 9.20. The topological polar surface area (TPSA) is 170 Å². The zero-order valence-corrected chi connectivity index (χ0v) is 20.0. The fraction of sp³-hybridized carbons (Fsp3) is 0.478. The highest BCUT2D eigenvalue weighted by Gasteiger charge is 2.39. The van der Waals surface area contributed by atoms with Gasteiger partial charge in [0, 0.05) is 31.7 Å². The molecule has 4 heterocycles. The summed E-state index contributed by atoms with van der Waals surface area (Å²) in [5, 5.41) is 17.9. The molecule has 5 rings (SSSR count). The molecule has 2 fully saturated rings. The molecule has 2 saturated heterocycles. The van der Waals surface area contributed by atoms with Crippen molar-refractivity contribution in [1.82, 2.24) is 25.2 Å². The number of carboxylic acid groups (broad SMARTS) is 1. The summed E-state index contributed by atoms with van der Waals surface area (Å²) in [6.45, 7) is 1.77. The van der Waals surface area contributed by atoms with Crippen LogP contribution in [0.4, 0.5) is 13.2 Å². The largest absolute Gasteiger partial charge is 0.490 e. The number of benzene rings is 1. The second-order valence-corrected chi connectivity index (χ2v) is 9.11. The third kappa shape index (κ3) is 5.83. The lowest BCUT2D eigenvalue weighted by atomic mass is 9.91. The predicted octanol–water partition coefficient (Wildman–Crippen LogP) is 1.09. The van der Waals surface area contributed by atoms with Crippen LogP contribution in [0.15, 0.2) is 24.4 Å². The average Bonchev–Trinajstić information content (AvgIpc) is 3.49. The van der Waals surface area contributed by atoms with Gasteiger partial charge >= 0.3 is 12.1 Å². The molecule has 12 nitrogen and oxygen atoms in total. The quantitative estimate of drug-likeness (QED) is 0.482. The number of fused-ring (bicyclic) bond motifs is 1. The van der Waals surface area contributed by atoms with E-state index in [1.807, 2.05) is 12.1 Å². The summed E-state index contributed by atoms with van der Waals surface area (Å²) in [4.78, 5) is 47.1. The minimum Gasteiger partial charge on any atom is -0.475 e. The Labute approximate surface area is 213 Å². The molecule has 204 valence electrons. The maximum absolute atomic E-state index is 13.0. The van der Waals surface area contributed by atoms with Crippen LogP contribution in [-0.4, -0.2) is 74.1 Å². The molecule has 3 amide bonds. The lowest BCUT2D eigenvalue weighted by Crippen LogP contribution is -2.52. The van der Waals surface area contributed by atoms with Gasteiger partial charge in [0.2, 0.25) is 11.8 Å². The zero-order valence-electron chi connectivity index (χ0n) is 20.0. The molecule has 2 atom stereocenters. The molecule has 38 heavy (non-hydrogen) atoms. The molecule has 4 N–H and O–H groups in total. The van der Waals surface area contributed by atoms with E-state index in [2.05, 4.69) is 15.6 Å². The number of nitrogens with one attached hydrogen (secondary N) is 1. The summed E-state index contributed by atoms with van der Waals surface area (Å²) in [6.07, 6.45) is -0.904. The Bertz CT molecular complexity index is 1240. The highest BCUT2D eigenvalue weighted by atomic mass is 19.4. The molecule has 2 aromatic rings. The average molecular weight is 538 g/mol. The third-order valence-electron chi connectivity index (χ3n) is 6.65. The third-order valence-corrected chi connectivity index (χ3v) is 6.65. The van der Waals surface area contributed by atoms with Crippen LogP contribution < -0.4 is 11.1 Å². The SMILES string of the molecule is NC(c1cn(-c2ccc3c(c2)C(=O)N(C2CCC(=O)NC2=O)C3)nn1)C1CCOCC1.O=C(O)C(F)(F)F. The van der Waals surface area contributed by atoms with Crippen LogP contribution in [0.2, 0.25) is 0 Å². The Morgan fingerprint density at radius 2 is 1.87 bits per heavy atom. The minimum atomic E-state index is -5.08. The maximum atomic E-state index is 13.0. The number of aromatic nitrogens is 3. The molecule has 0 bridgehead atoms. The van der Waals surface area contributed by atoms with E-state index >= 15 is 0 Å². The molecule has 0 aliphatic carbocycles. The van der Waals surface area contributed by atoms with Gasteiger partial charge in [-0.15, -0.1) is 5.10 Å². The van der Waals surface area contributed by atoms with Gasteiger partial charge < -0.3 is 20.5 Å². The summed E-state index contributed by atoms with van der Waals surface area (Å²) < 4.78 is 38.8. The number of alkyl halides is 3. The second-order valence-electron chi connectivity index (χ2n) is 9.11. The van der Waals surface area contributed by atoms with Gasteiger partial charge in [-0.2, -0.15) is 13.2 Å². The van der Waals surface area contributed by atoms with Gasteiger partial charge in [-0.25, -0.2) is 9.48 Å². The smallest absolute Gasteiger partial charge is 0.475 e. The number of imide groups is 1. The summed E-state index contributed by atoms with van der Waals surface area (Å²) in [5.74, 6) is -3.38. The first-order chi connectivity index (χ1) is 18.0. The number of rotatable bonds is 4. The van der Waals surface area contributed by atoms with E-state index < -0.39 is 24.1 Å². The number of hydrogen-bond acceptors (Lipinski definition) is 8. The number of hydrogen-bond donors (Lipinski definition) is 3. The number of amides is 3. The summed E-state index contributed by atoms with van der Waals surface area (Å²) >= 11 is 0. The number of carbonyl (C=O) groups is 4. The standard InChI is InChI=1S/C21H24N6O4.C2HF3O2/c22-19(12-5-7-31-8-6-12)16-11-27(25-24-16)14-2-1-13-10-26(21(30)15(13)9-14)17-3-4-18(28)23-20(17)29;3-2(4,5)1(6)7/h1-2,9,11-12,17,19H,3-8,10,22H2,(H,23,28,29);(H,6,7). The Morgan fingerprint density at radius 3 is 2.50 bits per heavy atom. The van der Waals surface area contributed by atoms with Crippen molar-refractivity contribution in [1.29, 1.82) is 0 Å². The molecular formula is C23H25F3N6O6. The number of halogens is 3. The Morgan fingerprint density at radius 1 is 1.18 bits per heavy atom. The van der Waals surface area contributed by atoms with Crippen LogP contribution in [0.25, 0.3) is 5.69 Å². The Balaban J connectivity index is 0.000000426. The fourth-order valence-electron chi connectivity index (χ4n) is 4.56. The molecule has 0 spiro atoms. The van der Waals surface area contributed by atoms with E-state index in [1.165, 1.54) is 4.90 Å². The number of piperidine rings is 1. The lowest BCUT2D eigenvalue weighted by molar-refractivity contribution is -0.192. The molecular weight excluding hydrogens is 513 g/mol. The maximum Gasteiger partial charge on any atom is 0.490 e. The van der Waals surface area contributed by atoms with Gasteiger partial charge in [0.05, 0.1) is 17.9 Å². The van der Waals surface area contributed by atoms with Gasteiger partial charge in [0.1, 0.15) is 11.7 Å². The zero-order chi connectivity index (χ0) is 27.6. The van der Waals surface area contributed by atoms with E-state index in [9.17, 15) is 27.6 Å². The molecule has 15 heteroatoms. The first-order valence-electron chi connectivity index (χ1n) is 11.8. The molecule has 1 aromatic carbocycles. The van der Waals surface area contributed by atoms with Crippen molar-refractivity contribution in [3.8, 4) is 5.69 Å². The van der Waals surface area contributed by atoms with Crippen molar-refractivity contribution in [3.63, 3.8) is 0 Å². The van der Waals surface area contributed by atoms with Crippen LogP contribution >= 0.6 is 0 Å². The van der Waals surface area contributed by atoms with E-state index in [0.29, 0.717) is 49.0 Å². The Kier molecular flexibility index (Phi) is 7.78. The number of nitrogens with zero attached hydrogens (tertiary/aromatic N) is 4. The van der Waals surface area contributed by atoms with Crippen molar-refractivity contribution >= 4 is 23.7 Å². The highest BCUT2D eigenvalue weighted by Crippen LogP contribution is 2.30. The Hall–Kier alpha value is -3.85. The van der Waals surface area contributed by atoms with Crippen molar-refractivity contribution in [2.75, 3.05) is 13.2 Å². The first kappa shape index (κ1) is 27.2. The van der Waals surface area contributed by atoms with E-state index in [-0.39, 0.29) is 24.3 Å². The van der Waals surface area contributed by atoms with Gasteiger partial charge in [-0.1, -0.05) is 11.3 Å². The van der Waals surface area contributed by atoms with Crippen molar-refractivity contribution < 1.29 is 42.2 Å². The molecule has 2 unspecified atom stereocenters. The summed E-state index contributed by atoms with van der Waals surface area (Å²) in [6, 6.07) is 4.67. The molecule has 3 aliphatic heterocycles. The highest BCUT2D eigenvalue weighted by molar-refractivity contribution is 6.05. The fourth-order valence-corrected chi connectivity index (χ4v) is 4.56. The first-order valence-corrected chi connectivity index (χ1v) is 11.8. The monoisotopic (exact) mass is 538 g/mol. The van der Waals surface area contributed by atoms with Gasteiger partial charge in [0.15, 0.2) is 0 Å². The van der Waals surface area contributed by atoms with Crippen molar-refractivity contribution in [3.05, 3.63) is 41.2 Å². The van der Waals surface area contributed by atoms with Gasteiger partial charge in [0.25, 0.3) is 5.91 Å². The van der Waals surface area contributed by atoms with Crippen LogP contribution in [0.1, 0.15) is 53.3 Å². The number of carboxylic acids is 1. The van der Waals surface area contributed by atoms with E-state index in [4.69, 9.17) is 20.4 Å². The predicted molar refractivity (Wildman–Crippen MR) is 122 cm³/mol. The normalized spacial score (nSPS) is 20.9. The summed E-state index contributed by atoms with van der Waals surface area (Å²) in [7, 11) is 0. The van der Waals surface area contributed by atoms with Gasteiger partial charge in [-0.05, 0) is 42.9 Å². The van der Waals surface area contributed by atoms with Crippen molar-refractivity contribution in [2.45, 2.75) is 50.5 Å². The minimum absolute atomic E-state index is 0.211. The van der Waals surface area contributed by atoms with E-state index in [0.717, 1.165) is 18.4 Å². The van der Waals surface area contributed by atoms with Crippen LogP contribution in [-0.2, 0) is 25.7 Å². The van der Waals surface area contributed by atoms with E-state index in [1.54, 1.807) is 16.9 Å². The van der Waals surface area contributed by atoms with Crippen molar-refractivity contribution in [2.24, 2.45) is 11.7 Å². The number of carbonyl (C=O) groups excluding carboxylic acids is 3. The van der Waals surface area contributed by atoms with Crippen LogP contribution in [0, 0.1) is 5.92 Å². The van der Waals surface area contributed by atoms with Gasteiger partial charge in [-0.3, -0.25) is 19.7 Å². The number of nitrogens with two attached hydrogens (primary N) is 1. The number of ether oxygens (including phenoxy) is 1. The van der Waals surface area contributed by atoms with Crippen LogP contribution in [0.5, 0.6) is 0 Å². The van der Waals surface area contributed by atoms with Crippen LogP contribution in [0.3, 0.4) is 0 Å². The number of aliphatic carboxylic acids is 1. The lowest BCUT2D eigenvalue weighted by Gasteiger charge is -2.29. The second kappa shape index (κ2) is 10.9.